The number of nitro benzene ring substituents is 1. The Balaban J connectivity index is 2.11. The molecular formula is C11H13BrN2O3. The van der Waals surface area contributed by atoms with Crippen molar-refractivity contribution in [1.29, 1.82) is 0 Å². The zero-order chi connectivity index (χ0) is 12.4. The van der Waals surface area contributed by atoms with Gasteiger partial charge < -0.3 is 10.5 Å². The van der Waals surface area contributed by atoms with Gasteiger partial charge in [0.1, 0.15) is 11.4 Å². The van der Waals surface area contributed by atoms with Crippen molar-refractivity contribution in [3.8, 4) is 5.75 Å². The molecule has 0 spiro atoms. The molecule has 1 aromatic carbocycles. The maximum absolute atomic E-state index is 10.7. The second kappa shape index (κ2) is 4.91. The van der Waals surface area contributed by atoms with Crippen LogP contribution in [0.5, 0.6) is 5.75 Å². The van der Waals surface area contributed by atoms with E-state index in [0.29, 0.717) is 22.7 Å². The van der Waals surface area contributed by atoms with Crippen LogP contribution in [0.4, 0.5) is 11.4 Å². The van der Waals surface area contributed by atoms with Crippen LogP contribution in [0.3, 0.4) is 0 Å². The summed E-state index contributed by atoms with van der Waals surface area (Å²) in [5.41, 5.74) is 5.62. The van der Waals surface area contributed by atoms with Crippen molar-refractivity contribution < 1.29 is 9.66 Å². The summed E-state index contributed by atoms with van der Waals surface area (Å²) < 4.78 is 6.17. The largest absolute Gasteiger partial charge is 0.492 e. The number of halogens is 1. The van der Waals surface area contributed by atoms with E-state index in [9.17, 15) is 10.1 Å². The Morgan fingerprint density at radius 3 is 2.76 bits per heavy atom. The molecule has 5 nitrogen and oxygen atoms in total. The lowest BCUT2D eigenvalue weighted by atomic mass is 9.86. The van der Waals surface area contributed by atoms with Crippen LogP contribution in [0.15, 0.2) is 16.6 Å². The average Bonchev–Trinajstić information content (AvgIpc) is 2.19. The van der Waals surface area contributed by atoms with Gasteiger partial charge in [-0.2, -0.15) is 0 Å². The van der Waals surface area contributed by atoms with E-state index >= 15 is 0 Å². The van der Waals surface area contributed by atoms with Crippen LogP contribution < -0.4 is 10.5 Å². The van der Waals surface area contributed by atoms with Gasteiger partial charge in [-0.15, -0.1) is 0 Å². The third kappa shape index (κ3) is 2.69. The molecule has 0 aliphatic heterocycles. The molecule has 92 valence electrons. The number of nitrogens with two attached hydrogens (primary N) is 1. The molecule has 0 amide bonds. The van der Waals surface area contributed by atoms with E-state index in [1.54, 1.807) is 0 Å². The molecule has 2 rings (SSSR count). The summed E-state index contributed by atoms with van der Waals surface area (Å²) in [6, 6.07) is 2.88. The smallest absolute Gasteiger partial charge is 0.293 e. The third-order valence-electron chi connectivity index (χ3n) is 2.98. The SMILES string of the molecule is Nc1cc(OCC2CCC2)c(Br)cc1[N+](=O)[O-]. The summed E-state index contributed by atoms with van der Waals surface area (Å²) in [7, 11) is 0. The monoisotopic (exact) mass is 300 g/mol. The van der Waals surface area contributed by atoms with Crippen LogP contribution in [-0.2, 0) is 0 Å². The number of rotatable bonds is 4. The number of benzene rings is 1. The summed E-state index contributed by atoms with van der Waals surface area (Å²) in [4.78, 5) is 10.2. The standard InChI is InChI=1S/C11H13BrN2O3/c12-8-4-10(14(15)16)9(13)5-11(8)17-6-7-2-1-3-7/h4-5,7H,1-3,6,13H2. The van der Waals surface area contributed by atoms with Crippen molar-refractivity contribution in [3.05, 3.63) is 26.7 Å². The van der Waals surface area contributed by atoms with Crippen molar-refractivity contribution in [1.82, 2.24) is 0 Å². The van der Waals surface area contributed by atoms with E-state index in [4.69, 9.17) is 10.5 Å². The summed E-state index contributed by atoms with van der Waals surface area (Å²) in [6.07, 6.45) is 3.65. The van der Waals surface area contributed by atoms with Gasteiger partial charge in [0.2, 0.25) is 0 Å². The zero-order valence-electron chi connectivity index (χ0n) is 9.19. The van der Waals surface area contributed by atoms with E-state index in [1.807, 2.05) is 0 Å². The molecular weight excluding hydrogens is 288 g/mol. The molecule has 1 aromatic rings. The first kappa shape index (κ1) is 12.2. The molecule has 17 heavy (non-hydrogen) atoms. The normalized spacial score (nSPS) is 15.4. The van der Waals surface area contributed by atoms with Gasteiger partial charge in [0.15, 0.2) is 0 Å². The second-order valence-corrected chi connectivity index (χ2v) is 5.06. The molecule has 0 aromatic heterocycles. The summed E-state index contributed by atoms with van der Waals surface area (Å²) in [5.74, 6) is 1.18. The van der Waals surface area contributed by atoms with Gasteiger partial charge in [-0.1, -0.05) is 6.42 Å². The van der Waals surface area contributed by atoms with Crippen LogP contribution in [-0.4, -0.2) is 11.5 Å². The quantitative estimate of drug-likeness (QED) is 0.526. The second-order valence-electron chi connectivity index (χ2n) is 4.21. The van der Waals surface area contributed by atoms with Crippen LogP contribution in [0.1, 0.15) is 19.3 Å². The molecule has 0 atom stereocenters. The number of ether oxygens (including phenoxy) is 1. The lowest BCUT2D eigenvalue weighted by Crippen LogP contribution is -2.19. The van der Waals surface area contributed by atoms with Crippen molar-refractivity contribution in [2.75, 3.05) is 12.3 Å². The molecule has 1 saturated carbocycles. The van der Waals surface area contributed by atoms with Crippen molar-refractivity contribution >= 4 is 27.3 Å². The molecule has 6 heteroatoms. The number of nitrogens with zero attached hydrogens (tertiary/aromatic N) is 1. The van der Waals surface area contributed by atoms with Gasteiger partial charge in [0.25, 0.3) is 5.69 Å². The van der Waals surface area contributed by atoms with Gasteiger partial charge in [-0.05, 0) is 34.7 Å². The molecule has 0 bridgehead atoms. The van der Waals surface area contributed by atoms with E-state index in [0.717, 1.165) is 0 Å². The van der Waals surface area contributed by atoms with E-state index < -0.39 is 4.92 Å². The highest BCUT2D eigenvalue weighted by atomic mass is 79.9. The van der Waals surface area contributed by atoms with Crippen molar-refractivity contribution in [2.45, 2.75) is 19.3 Å². The first-order valence-electron chi connectivity index (χ1n) is 5.44. The summed E-state index contributed by atoms with van der Waals surface area (Å²) >= 11 is 3.25. The predicted molar refractivity (Wildman–Crippen MR) is 68.0 cm³/mol. The highest BCUT2D eigenvalue weighted by molar-refractivity contribution is 9.10. The van der Waals surface area contributed by atoms with E-state index in [1.165, 1.54) is 31.4 Å². The number of nitro groups is 1. The van der Waals surface area contributed by atoms with Gasteiger partial charge in [-0.3, -0.25) is 10.1 Å². The van der Waals surface area contributed by atoms with Gasteiger partial charge in [0.05, 0.1) is 16.0 Å². The minimum atomic E-state index is -0.504. The molecule has 0 radical (unpaired) electrons. The molecule has 0 unspecified atom stereocenters. The van der Waals surface area contributed by atoms with Crippen molar-refractivity contribution in [3.63, 3.8) is 0 Å². The highest BCUT2D eigenvalue weighted by Crippen LogP contribution is 2.35. The number of hydrogen-bond acceptors (Lipinski definition) is 4. The molecule has 1 aliphatic rings. The van der Waals surface area contributed by atoms with Crippen LogP contribution in [0, 0.1) is 16.0 Å². The Hall–Kier alpha value is -1.30. The summed E-state index contributed by atoms with van der Waals surface area (Å²) in [5, 5.41) is 10.7. The molecule has 1 fully saturated rings. The Kier molecular flexibility index (Phi) is 3.51. The molecule has 0 heterocycles. The number of nitrogen functional groups attached to an aromatic ring is 1. The van der Waals surface area contributed by atoms with Crippen LogP contribution in [0.25, 0.3) is 0 Å². The lowest BCUT2D eigenvalue weighted by Gasteiger charge is -2.25. The molecule has 2 N–H and O–H groups in total. The lowest BCUT2D eigenvalue weighted by molar-refractivity contribution is -0.384. The fourth-order valence-corrected chi connectivity index (χ4v) is 2.14. The predicted octanol–water partition coefficient (Wildman–Crippen LogP) is 3.12. The first-order chi connectivity index (χ1) is 8.08. The Bertz CT molecular complexity index is 447. The first-order valence-corrected chi connectivity index (χ1v) is 6.23. The minimum Gasteiger partial charge on any atom is -0.492 e. The molecule has 0 saturated heterocycles. The van der Waals surface area contributed by atoms with Gasteiger partial charge >= 0.3 is 0 Å². The van der Waals surface area contributed by atoms with Gasteiger partial charge in [0, 0.05) is 12.1 Å². The fourth-order valence-electron chi connectivity index (χ4n) is 1.69. The fraction of sp³-hybridized carbons (Fsp3) is 0.455. The number of hydrogen-bond donors (Lipinski definition) is 1. The van der Waals surface area contributed by atoms with E-state index in [-0.39, 0.29) is 11.4 Å². The summed E-state index contributed by atoms with van der Waals surface area (Å²) in [6.45, 7) is 0.649. The molecule has 1 aliphatic carbocycles. The third-order valence-corrected chi connectivity index (χ3v) is 3.60. The van der Waals surface area contributed by atoms with Gasteiger partial charge in [-0.25, -0.2) is 0 Å². The average molecular weight is 301 g/mol. The zero-order valence-corrected chi connectivity index (χ0v) is 10.8. The topological polar surface area (TPSA) is 78.4 Å². The maximum Gasteiger partial charge on any atom is 0.293 e. The Morgan fingerprint density at radius 2 is 2.24 bits per heavy atom. The number of anilines is 1. The minimum absolute atomic E-state index is 0.104. The Morgan fingerprint density at radius 1 is 1.53 bits per heavy atom. The van der Waals surface area contributed by atoms with E-state index in [2.05, 4.69) is 15.9 Å². The van der Waals surface area contributed by atoms with Crippen LogP contribution in [0.2, 0.25) is 0 Å². The maximum atomic E-state index is 10.7. The van der Waals surface area contributed by atoms with Crippen molar-refractivity contribution in [2.24, 2.45) is 5.92 Å². The Labute approximate surface area is 107 Å². The highest BCUT2D eigenvalue weighted by Gasteiger charge is 2.20. The van der Waals surface area contributed by atoms with Crippen LogP contribution >= 0.6 is 15.9 Å².